The number of amides is 1. The van der Waals surface area contributed by atoms with Crippen LogP contribution in [0, 0.1) is 0 Å². The molecule has 0 bridgehead atoms. The molecule has 1 saturated heterocycles. The molecule has 2 heterocycles. The van der Waals surface area contributed by atoms with Crippen LogP contribution in [0.5, 0.6) is 0 Å². The largest absolute Gasteiger partial charge is 0.378 e. The van der Waals surface area contributed by atoms with Crippen molar-refractivity contribution in [3.63, 3.8) is 0 Å². The number of carbonyl (C=O) groups excluding carboxylic acids is 1. The van der Waals surface area contributed by atoms with Crippen molar-refractivity contribution < 1.29 is 9.53 Å². The highest BCUT2D eigenvalue weighted by atomic mass is 32.1. The van der Waals surface area contributed by atoms with Crippen LogP contribution < -0.4 is 5.73 Å². The fourth-order valence-corrected chi connectivity index (χ4v) is 3.47. The number of carbonyl (C=O) groups is 1. The maximum Gasteiger partial charge on any atom is 0.264 e. The Balaban J connectivity index is 1.83. The standard InChI is InChI=1S/C15H24N2O2S/c1-2-12-6-11-20-14(12)15(18)17-8-4-13(5-9-17)19-10-3-7-16/h6,11,13H,2-5,7-10,16H2,1H3. The number of hydrogen-bond acceptors (Lipinski definition) is 4. The van der Waals surface area contributed by atoms with Gasteiger partial charge in [0.2, 0.25) is 0 Å². The monoisotopic (exact) mass is 296 g/mol. The zero-order chi connectivity index (χ0) is 14.4. The summed E-state index contributed by atoms with van der Waals surface area (Å²) in [6, 6.07) is 2.06. The first kappa shape index (κ1) is 15.5. The highest BCUT2D eigenvalue weighted by molar-refractivity contribution is 7.12. The summed E-state index contributed by atoms with van der Waals surface area (Å²) in [6.45, 7) is 5.10. The summed E-state index contributed by atoms with van der Waals surface area (Å²) in [5.74, 6) is 0.192. The Kier molecular flexibility index (Phi) is 6.01. The van der Waals surface area contributed by atoms with E-state index in [1.807, 2.05) is 10.3 Å². The van der Waals surface area contributed by atoms with E-state index in [1.165, 1.54) is 5.56 Å². The van der Waals surface area contributed by atoms with Crippen molar-refractivity contribution >= 4 is 17.2 Å². The molecule has 1 aliphatic rings. The van der Waals surface area contributed by atoms with Crippen LogP contribution in [-0.4, -0.2) is 43.2 Å². The van der Waals surface area contributed by atoms with Gasteiger partial charge in [0.15, 0.2) is 0 Å². The highest BCUT2D eigenvalue weighted by Gasteiger charge is 2.25. The molecule has 0 aromatic carbocycles. The molecule has 1 aliphatic heterocycles. The van der Waals surface area contributed by atoms with Gasteiger partial charge in [-0.05, 0) is 49.2 Å². The molecule has 1 aromatic rings. The Bertz CT molecular complexity index is 425. The molecule has 2 N–H and O–H groups in total. The third-order valence-corrected chi connectivity index (χ3v) is 4.70. The van der Waals surface area contributed by atoms with Crippen molar-refractivity contribution in [2.45, 2.75) is 38.7 Å². The molecular weight excluding hydrogens is 272 g/mol. The van der Waals surface area contributed by atoms with Gasteiger partial charge in [0.25, 0.3) is 5.91 Å². The number of piperidine rings is 1. The third-order valence-electron chi connectivity index (χ3n) is 3.75. The number of likely N-dealkylation sites (tertiary alicyclic amines) is 1. The van der Waals surface area contributed by atoms with Gasteiger partial charge < -0.3 is 15.4 Å². The Hall–Kier alpha value is -0.910. The maximum absolute atomic E-state index is 12.5. The molecule has 1 aromatic heterocycles. The number of ether oxygens (including phenoxy) is 1. The molecule has 1 fully saturated rings. The molecule has 0 aliphatic carbocycles. The van der Waals surface area contributed by atoms with Crippen LogP contribution in [-0.2, 0) is 11.2 Å². The number of rotatable bonds is 6. The van der Waals surface area contributed by atoms with E-state index in [-0.39, 0.29) is 5.91 Å². The van der Waals surface area contributed by atoms with Crippen LogP contribution in [0.3, 0.4) is 0 Å². The van der Waals surface area contributed by atoms with Gasteiger partial charge >= 0.3 is 0 Å². The van der Waals surface area contributed by atoms with E-state index in [2.05, 4.69) is 13.0 Å². The minimum absolute atomic E-state index is 0.192. The van der Waals surface area contributed by atoms with Crippen LogP contribution in [0.25, 0.3) is 0 Å². The van der Waals surface area contributed by atoms with Gasteiger partial charge in [0.05, 0.1) is 11.0 Å². The van der Waals surface area contributed by atoms with E-state index in [4.69, 9.17) is 10.5 Å². The summed E-state index contributed by atoms with van der Waals surface area (Å²) in [6.07, 6.45) is 3.99. The Morgan fingerprint density at radius 3 is 2.90 bits per heavy atom. The predicted molar refractivity (Wildman–Crippen MR) is 82.2 cm³/mol. The number of nitrogens with zero attached hydrogens (tertiary/aromatic N) is 1. The van der Waals surface area contributed by atoms with E-state index < -0.39 is 0 Å². The van der Waals surface area contributed by atoms with Crippen LogP contribution in [0.4, 0.5) is 0 Å². The van der Waals surface area contributed by atoms with Crippen molar-refractivity contribution in [1.29, 1.82) is 0 Å². The van der Waals surface area contributed by atoms with E-state index in [9.17, 15) is 4.79 Å². The molecule has 0 radical (unpaired) electrons. The Morgan fingerprint density at radius 1 is 1.50 bits per heavy atom. The molecule has 1 amide bonds. The summed E-state index contributed by atoms with van der Waals surface area (Å²) in [5, 5.41) is 2.01. The molecule has 0 spiro atoms. The molecule has 0 atom stereocenters. The van der Waals surface area contributed by atoms with Crippen molar-refractivity contribution in [2.24, 2.45) is 5.73 Å². The number of hydrogen-bond donors (Lipinski definition) is 1. The minimum Gasteiger partial charge on any atom is -0.378 e. The van der Waals surface area contributed by atoms with Crippen LogP contribution >= 0.6 is 11.3 Å². The van der Waals surface area contributed by atoms with Crippen LogP contribution in [0.1, 0.15) is 41.4 Å². The van der Waals surface area contributed by atoms with E-state index >= 15 is 0 Å². The second-order valence-electron chi connectivity index (χ2n) is 5.13. The van der Waals surface area contributed by atoms with Crippen molar-refractivity contribution in [3.8, 4) is 0 Å². The first-order valence-electron chi connectivity index (χ1n) is 7.43. The van der Waals surface area contributed by atoms with Crippen LogP contribution in [0.15, 0.2) is 11.4 Å². The first-order chi connectivity index (χ1) is 9.76. The van der Waals surface area contributed by atoms with E-state index in [0.29, 0.717) is 12.6 Å². The highest BCUT2D eigenvalue weighted by Crippen LogP contribution is 2.22. The van der Waals surface area contributed by atoms with Gasteiger partial charge in [0.1, 0.15) is 0 Å². The Labute approximate surface area is 124 Å². The van der Waals surface area contributed by atoms with Gasteiger partial charge in [-0.3, -0.25) is 4.79 Å². The smallest absolute Gasteiger partial charge is 0.264 e. The van der Waals surface area contributed by atoms with E-state index in [1.54, 1.807) is 11.3 Å². The molecular formula is C15H24N2O2S. The summed E-state index contributed by atoms with van der Waals surface area (Å²) in [7, 11) is 0. The number of nitrogens with two attached hydrogens (primary N) is 1. The predicted octanol–water partition coefficient (Wildman–Crippen LogP) is 2.28. The fraction of sp³-hybridized carbons (Fsp3) is 0.667. The molecule has 112 valence electrons. The lowest BCUT2D eigenvalue weighted by Gasteiger charge is -2.32. The van der Waals surface area contributed by atoms with Crippen molar-refractivity contribution in [3.05, 3.63) is 21.9 Å². The van der Waals surface area contributed by atoms with Gasteiger partial charge in [0, 0.05) is 19.7 Å². The number of aryl methyl sites for hydroxylation is 1. The van der Waals surface area contributed by atoms with Gasteiger partial charge in [-0.15, -0.1) is 11.3 Å². The van der Waals surface area contributed by atoms with Gasteiger partial charge in [-0.25, -0.2) is 0 Å². The average molecular weight is 296 g/mol. The lowest BCUT2D eigenvalue weighted by molar-refractivity contribution is 0.00855. The second kappa shape index (κ2) is 7.76. The summed E-state index contributed by atoms with van der Waals surface area (Å²) >= 11 is 1.56. The minimum atomic E-state index is 0.192. The van der Waals surface area contributed by atoms with Crippen molar-refractivity contribution in [2.75, 3.05) is 26.2 Å². The topological polar surface area (TPSA) is 55.6 Å². The maximum atomic E-state index is 12.5. The second-order valence-corrected chi connectivity index (χ2v) is 6.05. The zero-order valence-electron chi connectivity index (χ0n) is 12.1. The quantitative estimate of drug-likeness (QED) is 0.819. The molecule has 5 heteroatoms. The van der Waals surface area contributed by atoms with Gasteiger partial charge in [-0.2, -0.15) is 0 Å². The molecule has 2 rings (SSSR count). The SMILES string of the molecule is CCc1ccsc1C(=O)N1CCC(OCCCN)CC1. The molecule has 20 heavy (non-hydrogen) atoms. The fourth-order valence-electron chi connectivity index (χ4n) is 2.50. The lowest BCUT2D eigenvalue weighted by Crippen LogP contribution is -2.41. The average Bonchev–Trinajstić information content (AvgIpc) is 2.96. The third kappa shape index (κ3) is 3.81. The summed E-state index contributed by atoms with van der Waals surface area (Å²) in [5.41, 5.74) is 6.62. The van der Waals surface area contributed by atoms with Crippen molar-refractivity contribution in [1.82, 2.24) is 4.90 Å². The zero-order valence-corrected chi connectivity index (χ0v) is 13.0. The Morgan fingerprint density at radius 2 is 2.25 bits per heavy atom. The molecule has 0 unspecified atom stereocenters. The first-order valence-corrected chi connectivity index (χ1v) is 8.31. The molecule has 4 nitrogen and oxygen atoms in total. The van der Waals surface area contributed by atoms with Gasteiger partial charge in [-0.1, -0.05) is 6.92 Å². The number of thiophene rings is 1. The summed E-state index contributed by atoms with van der Waals surface area (Å²) in [4.78, 5) is 15.4. The van der Waals surface area contributed by atoms with Crippen LogP contribution in [0.2, 0.25) is 0 Å². The molecule has 0 saturated carbocycles. The van der Waals surface area contributed by atoms with E-state index in [0.717, 1.165) is 50.3 Å². The lowest BCUT2D eigenvalue weighted by atomic mass is 10.1. The normalized spacial score (nSPS) is 16.6. The summed E-state index contributed by atoms with van der Waals surface area (Å²) < 4.78 is 5.77.